The summed E-state index contributed by atoms with van der Waals surface area (Å²) >= 11 is 4.45. The molecule has 0 spiro atoms. The number of carbonyl (C=O) groups is 2. The summed E-state index contributed by atoms with van der Waals surface area (Å²) in [6.07, 6.45) is 4.10. The van der Waals surface area contributed by atoms with Gasteiger partial charge in [0.15, 0.2) is 0 Å². The molecular weight excluding hydrogens is 476 g/mol. The molecule has 0 radical (unpaired) electrons. The Morgan fingerprint density at radius 3 is 1.69 bits per heavy atom. The average Bonchev–Trinajstić information content (AvgIpc) is 2.81. The number of hydrogen-bond donors (Lipinski definition) is 3. The summed E-state index contributed by atoms with van der Waals surface area (Å²) in [5, 5.41) is 6.15. The van der Waals surface area contributed by atoms with Crippen molar-refractivity contribution in [3.05, 3.63) is 0 Å². The highest BCUT2D eigenvalue weighted by Gasteiger charge is 2.20. The van der Waals surface area contributed by atoms with Gasteiger partial charge in [-0.1, -0.05) is 13.8 Å². The monoisotopic (exact) mass is 522 g/mol. The van der Waals surface area contributed by atoms with Crippen molar-refractivity contribution in [3.63, 3.8) is 0 Å². The van der Waals surface area contributed by atoms with Crippen LogP contribution in [0.25, 0.3) is 0 Å². The van der Waals surface area contributed by atoms with Crippen LogP contribution >= 0.6 is 12.6 Å². The van der Waals surface area contributed by atoms with Crippen LogP contribution in [0.4, 0.5) is 4.79 Å². The molecule has 0 bridgehead atoms. The highest BCUT2D eigenvalue weighted by molar-refractivity contribution is 7.80. The number of nitrogens with one attached hydrogen (secondary N) is 2. The maximum absolute atomic E-state index is 11.7. The first-order chi connectivity index (χ1) is 17.0. The first-order valence-corrected chi connectivity index (χ1v) is 13.3. The SMILES string of the molecule is CC(C)CC(=O)NCCOCCOCCOCCOCCOCCOC(=O)NC1CCC(S)CC1. The van der Waals surface area contributed by atoms with Crippen molar-refractivity contribution in [2.75, 3.05) is 79.2 Å². The minimum Gasteiger partial charge on any atom is -0.447 e. The number of carbonyl (C=O) groups excluding carboxylic acids is 2. The molecule has 2 N–H and O–H groups in total. The maximum atomic E-state index is 11.7. The van der Waals surface area contributed by atoms with Gasteiger partial charge in [0.25, 0.3) is 0 Å². The second-order valence-corrected chi connectivity index (χ2v) is 9.53. The molecule has 1 saturated carbocycles. The van der Waals surface area contributed by atoms with Gasteiger partial charge in [0.1, 0.15) is 6.61 Å². The third kappa shape index (κ3) is 20.8. The van der Waals surface area contributed by atoms with E-state index in [2.05, 4.69) is 23.3 Å². The molecule has 0 saturated heterocycles. The van der Waals surface area contributed by atoms with E-state index in [1.807, 2.05) is 13.8 Å². The Labute approximate surface area is 215 Å². The first kappa shape index (κ1) is 31.9. The summed E-state index contributed by atoms with van der Waals surface area (Å²) in [7, 11) is 0. The van der Waals surface area contributed by atoms with Crippen LogP contribution in [0.3, 0.4) is 0 Å². The average molecular weight is 523 g/mol. The van der Waals surface area contributed by atoms with E-state index in [1.165, 1.54) is 0 Å². The van der Waals surface area contributed by atoms with Gasteiger partial charge in [-0.15, -0.1) is 0 Å². The van der Waals surface area contributed by atoms with Crippen LogP contribution in [0, 0.1) is 5.92 Å². The van der Waals surface area contributed by atoms with E-state index in [1.54, 1.807) is 0 Å². The standard InChI is InChI=1S/C24H46N2O8S/c1-20(2)19-23(27)25-7-8-29-9-10-30-11-12-31-13-14-32-15-16-33-17-18-34-24(28)26-21-3-5-22(35)6-4-21/h20-22,35H,3-19H2,1-2H3,(H,25,27)(H,26,28). The number of ether oxygens (including phenoxy) is 6. The Kier molecular flexibility index (Phi) is 20.2. The summed E-state index contributed by atoms with van der Waals surface area (Å²) < 4.78 is 32.2. The number of rotatable bonds is 21. The second-order valence-electron chi connectivity index (χ2n) is 8.80. The van der Waals surface area contributed by atoms with Crippen molar-refractivity contribution in [3.8, 4) is 0 Å². The molecule has 0 aromatic heterocycles. The van der Waals surface area contributed by atoms with Gasteiger partial charge in [-0.3, -0.25) is 4.79 Å². The Morgan fingerprint density at radius 2 is 1.20 bits per heavy atom. The summed E-state index contributed by atoms with van der Waals surface area (Å²) in [6.45, 7) is 9.36. The molecule has 1 aliphatic rings. The third-order valence-corrected chi connectivity index (χ3v) is 5.65. The van der Waals surface area contributed by atoms with E-state index < -0.39 is 0 Å². The lowest BCUT2D eigenvalue weighted by Gasteiger charge is -2.26. The quantitative estimate of drug-likeness (QED) is 0.155. The van der Waals surface area contributed by atoms with Crippen LogP contribution in [0.15, 0.2) is 0 Å². The number of hydrogen-bond acceptors (Lipinski definition) is 9. The Hall–Kier alpha value is -1.11. The Morgan fingerprint density at radius 1 is 0.743 bits per heavy atom. The van der Waals surface area contributed by atoms with E-state index in [4.69, 9.17) is 28.4 Å². The Balaban J connectivity index is 1.72. The second kappa shape index (κ2) is 22.1. The summed E-state index contributed by atoms with van der Waals surface area (Å²) in [5.74, 6) is 0.416. The lowest BCUT2D eigenvalue weighted by Crippen LogP contribution is -2.38. The highest BCUT2D eigenvalue weighted by atomic mass is 32.1. The predicted octanol–water partition coefficient (Wildman–Crippen LogP) is 2.20. The van der Waals surface area contributed by atoms with Crippen molar-refractivity contribution in [2.45, 2.75) is 57.2 Å². The molecule has 0 heterocycles. The minimum absolute atomic E-state index is 0.0572. The van der Waals surface area contributed by atoms with Gasteiger partial charge in [0.2, 0.25) is 5.91 Å². The molecule has 1 fully saturated rings. The minimum atomic E-state index is -0.386. The highest BCUT2D eigenvalue weighted by Crippen LogP contribution is 2.22. The van der Waals surface area contributed by atoms with Gasteiger partial charge < -0.3 is 39.1 Å². The summed E-state index contributed by atoms with van der Waals surface area (Å²) in [5.41, 5.74) is 0. The molecule has 0 atom stereocenters. The van der Waals surface area contributed by atoms with Crippen LogP contribution in [0.1, 0.15) is 46.0 Å². The first-order valence-electron chi connectivity index (χ1n) is 12.7. The van der Waals surface area contributed by atoms with Crippen molar-refractivity contribution in [2.24, 2.45) is 5.92 Å². The zero-order chi connectivity index (χ0) is 25.6. The van der Waals surface area contributed by atoms with Gasteiger partial charge in [-0.05, 0) is 31.6 Å². The molecule has 11 heteroatoms. The fourth-order valence-corrected chi connectivity index (χ4v) is 3.61. The van der Waals surface area contributed by atoms with Crippen LogP contribution in [-0.4, -0.2) is 103 Å². The van der Waals surface area contributed by atoms with Crippen LogP contribution in [-0.2, 0) is 33.2 Å². The molecule has 35 heavy (non-hydrogen) atoms. The molecule has 10 nitrogen and oxygen atoms in total. The van der Waals surface area contributed by atoms with Crippen molar-refractivity contribution >= 4 is 24.6 Å². The molecule has 1 aliphatic carbocycles. The van der Waals surface area contributed by atoms with Crippen molar-refractivity contribution in [1.29, 1.82) is 0 Å². The lowest BCUT2D eigenvalue weighted by atomic mass is 9.95. The van der Waals surface area contributed by atoms with Gasteiger partial charge in [-0.25, -0.2) is 4.79 Å². The van der Waals surface area contributed by atoms with Gasteiger partial charge in [-0.2, -0.15) is 12.6 Å². The van der Waals surface area contributed by atoms with Crippen molar-refractivity contribution < 1.29 is 38.0 Å². The molecule has 0 aromatic rings. The fourth-order valence-electron chi connectivity index (χ4n) is 3.31. The topological polar surface area (TPSA) is 114 Å². The molecule has 1 rings (SSSR count). The number of alkyl carbamates (subject to hydrolysis) is 1. The van der Waals surface area contributed by atoms with E-state index in [9.17, 15) is 9.59 Å². The van der Waals surface area contributed by atoms with E-state index in [-0.39, 0.29) is 24.6 Å². The third-order valence-electron chi connectivity index (χ3n) is 5.13. The number of thiol groups is 1. The predicted molar refractivity (Wildman–Crippen MR) is 136 cm³/mol. The Bertz CT molecular complexity index is 534. The zero-order valence-corrected chi connectivity index (χ0v) is 22.4. The summed E-state index contributed by atoms with van der Waals surface area (Å²) in [4.78, 5) is 23.2. The molecule has 206 valence electrons. The van der Waals surface area contributed by atoms with Gasteiger partial charge in [0.05, 0.1) is 66.1 Å². The lowest BCUT2D eigenvalue weighted by molar-refractivity contribution is -0.122. The van der Waals surface area contributed by atoms with Crippen molar-refractivity contribution in [1.82, 2.24) is 10.6 Å². The smallest absolute Gasteiger partial charge is 0.407 e. The maximum Gasteiger partial charge on any atom is 0.407 e. The van der Waals surface area contributed by atoms with Gasteiger partial charge in [0, 0.05) is 24.3 Å². The molecule has 0 unspecified atom stereocenters. The van der Waals surface area contributed by atoms with E-state index in [0.717, 1.165) is 25.7 Å². The largest absolute Gasteiger partial charge is 0.447 e. The van der Waals surface area contributed by atoms with E-state index >= 15 is 0 Å². The van der Waals surface area contributed by atoms with Crippen LogP contribution in [0.2, 0.25) is 0 Å². The molecule has 0 aromatic carbocycles. The molecule has 2 amide bonds. The van der Waals surface area contributed by atoms with Crippen LogP contribution in [0.5, 0.6) is 0 Å². The molecular formula is C24H46N2O8S. The molecule has 0 aliphatic heterocycles. The van der Waals surface area contributed by atoms with Gasteiger partial charge >= 0.3 is 6.09 Å². The normalized spacial score (nSPS) is 17.9. The summed E-state index contributed by atoms with van der Waals surface area (Å²) in [6, 6.07) is 0.189. The zero-order valence-electron chi connectivity index (χ0n) is 21.5. The van der Waals surface area contributed by atoms with E-state index in [0.29, 0.717) is 90.2 Å². The fraction of sp³-hybridized carbons (Fsp3) is 0.917. The van der Waals surface area contributed by atoms with Crippen LogP contribution < -0.4 is 10.6 Å². The number of amides is 2.